The first-order valence-electron chi connectivity index (χ1n) is 8.65. The molecule has 1 aliphatic rings. The molecular weight excluding hydrogens is 272 g/mol. The molecule has 1 fully saturated rings. The number of hydrogen-bond donors (Lipinski definition) is 0. The lowest BCUT2D eigenvalue weighted by Gasteiger charge is -2.18. The molecule has 1 atom stereocenters. The highest BCUT2D eigenvalue weighted by Gasteiger charge is 2.16. The molecule has 2 heteroatoms. The van der Waals surface area contributed by atoms with Crippen LogP contribution in [0.5, 0.6) is 0 Å². The Morgan fingerprint density at radius 3 is 2.59 bits per heavy atom. The van der Waals surface area contributed by atoms with Crippen LogP contribution in [0.4, 0.5) is 0 Å². The zero-order valence-electron chi connectivity index (χ0n) is 13.9. The van der Waals surface area contributed by atoms with Crippen molar-refractivity contribution >= 4 is 5.97 Å². The van der Waals surface area contributed by atoms with E-state index in [1.807, 2.05) is 18.2 Å². The molecule has 22 heavy (non-hydrogen) atoms. The molecule has 1 rings (SSSR count). The van der Waals surface area contributed by atoms with E-state index in [4.69, 9.17) is 4.74 Å². The van der Waals surface area contributed by atoms with Crippen LogP contribution in [-0.4, -0.2) is 12.1 Å². The smallest absolute Gasteiger partial charge is 0.306 e. The Morgan fingerprint density at radius 1 is 1.05 bits per heavy atom. The number of cyclic esters (lactones) is 1. The maximum atomic E-state index is 11.1. The number of carbonyl (C=O) groups is 1. The minimum atomic E-state index is -0.0736. The number of ether oxygens (including phenoxy) is 1. The number of carbonyl (C=O) groups excluding carboxylic acids is 1. The maximum absolute atomic E-state index is 11.1. The van der Waals surface area contributed by atoms with E-state index in [-0.39, 0.29) is 12.1 Å². The lowest BCUT2D eigenvalue weighted by atomic mass is 10.1. The molecule has 0 N–H and O–H groups in total. The third-order valence-corrected chi connectivity index (χ3v) is 3.58. The summed E-state index contributed by atoms with van der Waals surface area (Å²) in [7, 11) is 0. The molecule has 1 aliphatic heterocycles. The zero-order chi connectivity index (χ0) is 15.9. The maximum Gasteiger partial charge on any atom is 0.306 e. The number of hydrogen-bond acceptors (Lipinski definition) is 2. The molecule has 0 aromatic carbocycles. The van der Waals surface area contributed by atoms with Gasteiger partial charge >= 0.3 is 5.97 Å². The van der Waals surface area contributed by atoms with Crippen LogP contribution in [-0.2, 0) is 9.53 Å². The van der Waals surface area contributed by atoms with Crippen LogP contribution in [0.25, 0.3) is 0 Å². The predicted octanol–water partition coefficient (Wildman–Crippen LogP) is 5.67. The fraction of sp³-hybridized carbons (Fsp3) is 0.550. The van der Waals surface area contributed by atoms with Crippen LogP contribution in [0.2, 0.25) is 0 Å². The Bertz CT molecular complexity index is 402. The van der Waals surface area contributed by atoms with Crippen LogP contribution in [0, 0.1) is 0 Å². The predicted molar refractivity (Wildman–Crippen MR) is 93.7 cm³/mol. The van der Waals surface area contributed by atoms with Gasteiger partial charge in [0.25, 0.3) is 0 Å². The molecule has 0 radical (unpaired) electrons. The van der Waals surface area contributed by atoms with E-state index in [0.717, 1.165) is 25.7 Å². The average molecular weight is 302 g/mol. The van der Waals surface area contributed by atoms with Crippen LogP contribution >= 0.6 is 0 Å². The van der Waals surface area contributed by atoms with E-state index in [9.17, 15) is 4.79 Å². The molecule has 0 aliphatic carbocycles. The quantitative estimate of drug-likeness (QED) is 0.225. The number of unbranched alkanes of at least 4 members (excludes halogenated alkanes) is 3. The Kier molecular flexibility index (Phi) is 11.0. The lowest BCUT2D eigenvalue weighted by Crippen LogP contribution is -2.21. The number of allylic oxidation sites excluding steroid dienone is 7. The third-order valence-electron chi connectivity index (χ3n) is 3.58. The second kappa shape index (κ2) is 13.1. The fourth-order valence-electron chi connectivity index (χ4n) is 2.29. The first kappa shape index (κ1) is 18.5. The van der Waals surface area contributed by atoms with Crippen molar-refractivity contribution < 1.29 is 9.53 Å². The van der Waals surface area contributed by atoms with Gasteiger partial charge in [-0.1, -0.05) is 62.3 Å². The minimum absolute atomic E-state index is 0.0284. The normalized spacial score (nSPS) is 19.9. The van der Waals surface area contributed by atoms with E-state index in [0.29, 0.717) is 6.42 Å². The molecule has 2 nitrogen and oxygen atoms in total. The van der Waals surface area contributed by atoms with Crippen molar-refractivity contribution in [1.29, 1.82) is 0 Å². The monoisotopic (exact) mass is 302 g/mol. The van der Waals surface area contributed by atoms with Gasteiger partial charge in [0, 0.05) is 6.42 Å². The largest absolute Gasteiger partial charge is 0.458 e. The molecule has 0 aromatic rings. The second-order valence-electron chi connectivity index (χ2n) is 5.64. The van der Waals surface area contributed by atoms with Gasteiger partial charge in [0.1, 0.15) is 6.10 Å². The van der Waals surface area contributed by atoms with Gasteiger partial charge in [-0.15, -0.1) is 0 Å². The molecule has 0 unspecified atom stereocenters. The summed E-state index contributed by atoms with van der Waals surface area (Å²) in [6, 6.07) is 0. The summed E-state index contributed by atoms with van der Waals surface area (Å²) >= 11 is 0. The third kappa shape index (κ3) is 10.2. The van der Waals surface area contributed by atoms with Crippen molar-refractivity contribution in [2.45, 2.75) is 70.8 Å². The molecule has 122 valence electrons. The Balaban J connectivity index is 2.03. The summed E-state index contributed by atoms with van der Waals surface area (Å²) in [5.74, 6) is -0.0736. The Hall–Kier alpha value is -1.57. The molecule has 0 aromatic heterocycles. The summed E-state index contributed by atoms with van der Waals surface area (Å²) in [5.41, 5.74) is 0. The van der Waals surface area contributed by atoms with Crippen molar-refractivity contribution in [2.75, 3.05) is 0 Å². The second-order valence-corrected chi connectivity index (χ2v) is 5.64. The highest BCUT2D eigenvalue weighted by atomic mass is 16.5. The van der Waals surface area contributed by atoms with Gasteiger partial charge in [-0.3, -0.25) is 4.79 Å². The van der Waals surface area contributed by atoms with Gasteiger partial charge in [-0.25, -0.2) is 0 Å². The standard InChI is InChI=1S/C20H30O2/c1-2-3-4-5-6-7-8-9-10-11-12-13-14-16-19-17-15-18-20(21)22-19/h6-7,9-10,12-14,16,19H,2-5,8,11,15,17-18H2,1H3/b7-6-,10-9-,13-12-,16-14+/t19-/m1/s1. The zero-order valence-corrected chi connectivity index (χ0v) is 13.9. The summed E-state index contributed by atoms with van der Waals surface area (Å²) in [5, 5.41) is 0. The van der Waals surface area contributed by atoms with E-state index in [1.54, 1.807) is 0 Å². The van der Waals surface area contributed by atoms with Crippen LogP contribution in [0.15, 0.2) is 48.6 Å². The van der Waals surface area contributed by atoms with Crippen LogP contribution < -0.4 is 0 Å². The van der Waals surface area contributed by atoms with Crippen molar-refractivity contribution in [3.63, 3.8) is 0 Å². The SMILES string of the molecule is CCCCC/C=C\C/C=C\C/C=C\C=C\[C@@H]1CCCC(=O)O1. The topological polar surface area (TPSA) is 26.3 Å². The van der Waals surface area contributed by atoms with E-state index in [2.05, 4.69) is 37.3 Å². The fourth-order valence-corrected chi connectivity index (χ4v) is 2.29. The highest BCUT2D eigenvalue weighted by Crippen LogP contribution is 2.14. The summed E-state index contributed by atoms with van der Waals surface area (Å²) in [4.78, 5) is 11.1. The molecule has 0 bridgehead atoms. The summed E-state index contributed by atoms with van der Waals surface area (Å²) in [6.07, 6.45) is 26.5. The van der Waals surface area contributed by atoms with E-state index in [1.165, 1.54) is 25.7 Å². The number of esters is 1. The van der Waals surface area contributed by atoms with Crippen molar-refractivity contribution in [3.05, 3.63) is 48.6 Å². The van der Waals surface area contributed by atoms with Crippen LogP contribution in [0.1, 0.15) is 64.7 Å². The molecule has 1 saturated heterocycles. The first-order chi connectivity index (χ1) is 10.8. The summed E-state index contributed by atoms with van der Waals surface area (Å²) < 4.78 is 5.21. The molecule has 0 amide bonds. The Labute approximate surface area is 135 Å². The van der Waals surface area contributed by atoms with Gasteiger partial charge in [0.15, 0.2) is 0 Å². The van der Waals surface area contributed by atoms with E-state index >= 15 is 0 Å². The van der Waals surface area contributed by atoms with E-state index < -0.39 is 0 Å². The molecule has 1 heterocycles. The highest BCUT2D eigenvalue weighted by molar-refractivity contribution is 5.70. The first-order valence-corrected chi connectivity index (χ1v) is 8.65. The van der Waals surface area contributed by atoms with Gasteiger partial charge in [-0.2, -0.15) is 0 Å². The van der Waals surface area contributed by atoms with Crippen molar-refractivity contribution in [2.24, 2.45) is 0 Å². The average Bonchev–Trinajstić information content (AvgIpc) is 2.52. The molecular formula is C20H30O2. The molecule has 0 spiro atoms. The van der Waals surface area contributed by atoms with Crippen molar-refractivity contribution in [1.82, 2.24) is 0 Å². The minimum Gasteiger partial charge on any atom is -0.458 e. The summed E-state index contributed by atoms with van der Waals surface area (Å²) in [6.45, 7) is 2.23. The van der Waals surface area contributed by atoms with Gasteiger partial charge in [0.05, 0.1) is 0 Å². The van der Waals surface area contributed by atoms with Crippen LogP contribution in [0.3, 0.4) is 0 Å². The van der Waals surface area contributed by atoms with Gasteiger partial charge in [0.2, 0.25) is 0 Å². The molecule has 0 saturated carbocycles. The van der Waals surface area contributed by atoms with Gasteiger partial charge < -0.3 is 4.74 Å². The number of rotatable bonds is 10. The van der Waals surface area contributed by atoms with Crippen molar-refractivity contribution in [3.8, 4) is 0 Å². The Morgan fingerprint density at radius 2 is 1.82 bits per heavy atom. The van der Waals surface area contributed by atoms with Gasteiger partial charge in [-0.05, 0) is 44.6 Å². The lowest BCUT2D eigenvalue weighted by molar-refractivity contribution is -0.150.